The summed E-state index contributed by atoms with van der Waals surface area (Å²) in [6.45, 7) is 3.86. The molecule has 1 amide bonds. The molecule has 0 aliphatic heterocycles. The van der Waals surface area contributed by atoms with Crippen LogP contribution in [-0.4, -0.2) is 34.4 Å². The summed E-state index contributed by atoms with van der Waals surface area (Å²) in [5.74, 6) is -0.139. The van der Waals surface area contributed by atoms with Gasteiger partial charge in [0.2, 0.25) is 11.8 Å². The Balaban J connectivity index is 1.57. The van der Waals surface area contributed by atoms with E-state index in [4.69, 9.17) is 9.15 Å². The maximum absolute atomic E-state index is 12.2. The first-order chi connectivity index (χ1) is 13.5. The van der Waals surface area contributed by atoms with Gasteiger partial charge in [-0.25, -0.2) is 4.79 Å². The third-order valence-corrected chi connectivity index (χ3v) is 6.12. The summed E-state index contributed by atoms with van der Waals surface area (Å²) < 4.78 is 11.5. The zero-order chi connectivity index (χ0) is 20.1. The number of carbonyl (C=O) groups is 2. The Bertz CT molecular complexity index is 1000. The number of hydrogen-bond acceptors (Lipinski definition) is 8. The van der Waals surface area contributed by atoms with Gasteiger partial charge < -0.3 is 14.5 Å². The van der Waals surface area contributed by atoms with E-state index < -0.39 is 0 Å². The molecule has 146 valence electrons. The van der Waals surface area contributed by atoms with Crippen LogP contribution in [-0.2, 0) is 9.53 Å². The fraction of sp³-hybridized carbons (Fsp3) is 0.222. The molecule has 0 saturated heterocycles. The number of benzene rings is 1. The molecule has 2 aromatic heterocycles. The number of amides is 1. The van der Waals surface area contributed by atoms with Gasteiger partial charge in [0.25, 0.3) is 5.22 Å². The van der Waals surface area contributed by atoms with Crippen molar-refractivity contribution in [3.63, 3.8) is 0 Å². The molecule has 0 unspecified atom stereocenters. The smallest absolute Gasteiger partial charge is 0.348 e. The molecule has 0 spiro atoms. The van der Waals surface area contributed by atoms with Gasteiger partial charge in [-0.05, 0) is 53.5 Å². The number of aromatic nitrogens is 2. The van der Waals surface area contributed by atoms with E-state index in [0.717, 1.165) is 27.4 Å². The lowest BCUT2D eigenvalue weighted by Crippen LogP contribution is -2.13. The van der Waals surface area contributed by atoms with E-state index in [0.29, 0.717) is 27.6 Å². The van der Waals surface area contributed by atoms with E-state index in [9.17, 15) is 9.59 Å². The molecule has 0 bridgehead atoms. The largest absolute Gasteiger partial charge is 0.462 e. The molecule has 2 heterocycles. The predicted octanol–water partition coefficient (Wildman–Crippen LogP) is 4.78. The van der Waals surface area contributed by atoms with E-state index in [1.165, 1.54) is 11.3 Å². The van der Waals surface area contributed by atoms with Crippen LogP contribution in [0.2, 0.25) is 0 Å². The molecule has 1 N–H and O–H groups in total. The van der Waals surface area contributed by atoms with Crippen LogP contribution >= 0.6 is 39.0 Å². The SMILES string of the molecule is CCOC(=O)c1sc(NC(=O)CSc2nnc(-c3ccccc3Br)o2)cc1C. The number of esters is 1. The number of ether oxygens (including phenoxy) is 1. The summed E-state index contributed by atoms with van der Waals surface area (Å²) in [4.78, 5) is 24.5. The van der Waals surface area contributed by atoms with Crippen LogP contribution in [0.4, 0.5) is 5.00 Å². The second-order valence-electron chi connectivity index (χ2n) is 5.53. The fourth-order valence-corrected chi connectivity index (χ4v) is 4.26. The van der Waals surface area contributed by atoms with Crippen molar-refractivity contribution in [1.29, 1.82) is 0 Å². The molecule has 3 rings (SSSR count). The van der Waals surface area contributed by atoms with Crippen molar-refractivity contribution in [2.45, 2.75) is 19.1 Å². The molecule has 0 radical (unpaired) electrons. The number of halogens is 1. The average molecular weight is 482 g/mol. The van der Waals surface area contributed by atoms with Crippen molar-refractivity contribution in [2.24, 2.45) is 0 Å². The predicted molar refractivity (Wildman–Crippen MR) is 112 cm³/mol. The molecule has 7 nitrogen and oxygen atoms in total. The Labute approximate surface area is 178 Å². The second-order valence-corrected chi connectivity index (χ2v) is 8.37. The third kappa shape index (κ3) is 5.00. The van der Waals surface area contributed by atoms with E-state index in [1.54, 1.807) is 19.9 Å². The van der Waals surface area contributed by atoms with Crippen molar-refractivity contribution in [1.82, 2.24) is 10.2 Å². The molecule has 10 heteroatoms. The summed E-state index contributed by atoms with van der Waals surface area (Å²) in [6, 6.07) is 9.26. The topological polar surface area (TPSA) is 94.3 Å². The molecule has 0 aliphatic carbocycles. The lowest BCUT2D eigenvalue weighted by molar-refractivity contribution is -0.113. The van der Waals surface area contributed by atoms with Gasteiger partial charge in [0.05, 0.1) is 22.9 Å². The van der Waals surface area contributed by atoms with Gasteiger partial charge in [0, 0.05) is 4.47 Å². The summed E-state index contributed by atoms with van der Waals surface area (Å²) >= 11 is 5.77. The van der Waals surface area contributed by atoms with Gasteiger partial charge in [-0.1, -0.05) is 23.9 Å². The van der Waals surface area contributed by atoms with Gasteiger partial charge in [0.1, 0.15) is 4.88 Å². The van der Waals surface area contributed by atoms with Crippen LogP contribution in [0.15, 0.2) is 44.4 Å². The lowest BCUT2D eigenvalue weighted by Gasteiger charge is -2.00. The molecule has 0 saturated carbocycles. The number of thioether (sulfide) groups is 1. The molecule has 0 atom stereocenters. The minimum atomic E-state index is -0.384. The van der Waals surface area contributed by atoms with Crippen LogP contribution in [0.1, 0.15) is 22.2 Å². The van der Waals surface area contributed by atoms with Gasteiger partial charge >= 0.3 is 5.97 Å². The van der Waals surface area contributed by atoms with E-state index in [1.807, 2.05) is 24.3 Å². The Hall–Kier alpha value is -2.17. The van der Waals surface area contributed by atoms with Crippen molar-refractivity contribution >= 4 is 55.9 Å². The molecular weight excluding hydrogens is 466 g/mol. The summed E-state index contributed by atoms with van der Waals surface area (Å²) in [6.07, 6.45) is 0. The number of thiophene rings is 1. The first-order valence-electron chi connectivity index (χ1n) is 8.26. The Morgan fingerprint density at radius 1 is 1.32 bits per heavy atom. The average Bonchev–Trinajstić information content (AvgIpc) is 3.27. The number of carbonyl (C=O) groups excluding carboxylic acids is 2. The van der Waals surface area contributed by atoms with Crippen molar-refractivity contribution in [3.8, 4) is 11.5 Å². The van der Waals surface area contributed by atoms with Gasteiger partial charge in [0.15, 0.2) is 0 Å². The van der Waals surface area contributed by atoms with Gasteiger partial charge in [-0.3, -0.25) is 4.79 Å². The Kier molecular flexibility index (Phi) is 6.87. The van der Waals surface area contributed by atoms with Crippen molar-refractivity contribution < 1.29 is 18.7 Å². The number of hydrogen-bond donors (Lipinski definition) is 1. The summed E-state index contributed by atoms with van der Waals surface area (Å²) in [5, 5.41) is 11.6. The van der Waals surface area contributed by atoms with E-state index >= 15 is 0 Å². The first kappa shape index (κ1) is 20.6. The highest BCUT2D eigenvalue weighted by Crippen LogP contribution is 2.30. The zero-order valence-electron chi connectivity index (χ0n) is 15.0. The third-order valence-electron chi connectivity index (χ3n) is 3.48. The summed E-state index contributed by atoms with van der Waals surface area (Å²) in [7, 11) is 0. The number of anilines is 1. The van der Waals surface area contributed by atoms with Gasteiger partial charge in [-0.15, -0.1) is 21.5 Å². The molecule has 28 heavy (non-hydrogen) atoms. The van der Waals surface area contributed by atoms with Crippen molar-refractivity contribution in [3.05, 3.63) is 45.2 Å². The van der Waals surface area contributed by atoms with Crippen LogP contribution in [0.3, 0.4) is 0 Å². The quantitative estimate of drug-likeness (QED) is 0.383. The fourth-order valence-electron chi connectivity index (χ4n) is 2.26. The Morgan fingerprint density at radius 2 is 2.11 bits per heavy atom. The first-order valence-corrected chi connectivity index (χ1v) is 10.9. The van der Waals surface area contributed by atoms with Crippen molar-refractivity contribution in [2.75, 3.05) is 17.7 Å². The minimum Gasteiger partial charge on any atom is -0.462 e. The molecule has 0 fully saturated rings. The number of rotatable bonds is 7. The molecule has 0 aliphatic rings. The Morgan fingerprint density at radius 3 is 2.86 bits per heavy atom. The molecular formula is C18H16BrN3O4S2. The maximum atomic E-state index is 12.2. The highest BCUT2D eigenvalue weighted by molar-refractivity contribution is 9.10. The highest BCUT2D eigenvalue weighted by Gasteiger charge is 2.17. The standard InChI is InChI=1S/C18H16BrN3O4S2/c1-3-25-17(24)15-10(2)8-14(28-15)20-13(23)9-27-18-22-21-16(26-18)11-6-4-5-7-12(11)19/h4-8H,3,9H2,1-2H3,(H,20,23). The number of nitrogens with zero attached hydrogens (tertiary/aromatic N) is 2. The highest BCUT2D eigenvalue weighted by atomic mass is 79.9. The van der Waals surface area contributed by atoms with Crippen LogP contribution < -0.4 is 5.32 Å². The van der Waals surface area contributed by atoms with Crippen LogP contribution in [0.5, 0.6) is 0 Å². The lowest BCUT2D eigenvalue weighted by atomic mass is 10.2. The zero-order valence-corrected chi connectivity index (χ0v) is 18.2. The monoisotopic (exact) mass is 481 g/mol. The number of aryl methyl sites for hydroxylation is 1. The minimum absolute atomic E-state index is 0.100. The maximum Gasteiger partial charge on any atom is 0.348 e. The number of nitrogens with one attached hydrogen (secondary N) is 1. The normalized spacial score (nSPS) is 10.7. The van der Waals surface area contributed by atoms with Gasteiger partial charge in [-0.2, -0.15) is 0 Å². The van der Waals surface area contributed by atoms with Crippen LogP contribution in [0, 0.1) is 6.92 Å². The second kappa shape index (κ2) is 9.35. The molecule has 1 aromatic carbocycles. The van der Waals surface area contributed by atoms with Crippen LogP contribution in [0.25, 0.3) is 11.5 Å². The van der Waals surface area contributed by atoms with E-state index in [-0.39, 0.29) is 17.6 Å². The summed E-state index contributed by atoms with van der Waals surface area (Å²) in [5.41, 5.74) is 1.55. The van der Waals surface area contributed by atoms with E-state index in [2.05, 4.69) is 31.4 Å². The molecule has 3 aromatic rings.